The second kappa shape index (κ2) is 10.3. The van der Waals surface area contributed by atoms with E-state index in [1.165, 1.54) is 23.0 Å². The van der Waals surface area contributed by atoms with Crippen molar-refractivity contribution in [3.63, 3.8) is 0 Å². The number of benzene rings is 2. The number of thiazole rings is 1. The Morgan fingerprint density at radius 1 is 0.972 bits per heavy atom. The molecule has 0 aliphatic rings. The summed E-state index contributed by atoms with van der Waals surface area (Å²) in [7, 11) is 4.75. The molecule has 0 amide bonds. The Balaban J connectivity index is 0.00000304. The monoisotopic (exact) mass is 587 g/mol. The molecule has 3 heterocycles. The highest BCUT2D eigenvalue weighted by Crippen LogP contribution is 2.23. The molecule has 0 saturated heterocycles. The zero-order chi connectivity index (χ0) is 24.7. The van der Waals surface area contributed by atoms with E-state index in [1.807, 2.05) is 47.8 Å². The molecule has 3 aromatic heterocycles. The van der Waals surface area contributed by atoms with Gasteiger partial charge in [-0.05, 0) is 23.3 Å². The standard InChI is InChI=1S/C24H22ClN7O2S.BrH/c1-29-19-20(30(2)24(34)31(3)21(19)33)26-22(29)27-28-23-32(13-15-7-5-4-6-8-15)18(14-35-23)16-9-11-17(25)12-10-16;/h4-12,14H,13H2,1-3H3,(H,26,27);1H/b28-23-;. The van der Waals surface area contributed by atoms with Crippen molar-refractivity contribution in [2.45, 2.75) is 6.54 Å². The Morgan fingerprint density at radius 2 is 1.67 bits per heavy atom. The lowest BCUT2D eigenvalue weighted by Gasteiger charge is -2.10. The van der Waals surface area contributed by atoms with E-state index in [1.54, 1.807) is 18.7 Å². The van der Waals surface area contributed by atoms with Crippen LogP contribution in [0.1, 0.15) is 5.56 Å². The van der Waals surface area contributed by atoms with Crippen molar-refractivity contribution >= 4 is 57.0 Å². The normalized spacial score (nSPS) is 11.6. The van der Waals surface area contributed by atoms with Crippen molar-refractivity contribution in [2.24, 2.45) is 26.2 Å². The lowest BCUT2D eigenvalue weighted by molar-refractivity contribution is 0.705. The second-order valence-electron chi connectivity index (χ2n) is 8.08. The van der Waals surface area contributed by atoms with Crippen molar-refractivity contribution in [1.82, 2.24) is 23.3 Å². The first-order chi connectivity index (χ1) is 16.8. The van der Waals surface area contributed by atoms with Crippen LogP contribution in [-0.4, -0.2) is 23.3 Å². The van der Waals surface area contributed by atoms with Gasteiger partial charge in [0.15, 0.2) is 11.2 Å². The van der Waals surface area contributed by atoms with Crippen molar-refractivity contribution in [1.29, 1.82) is 0 Å². The lowest BCUT2D eigenvalue weighted by atomic mass is 10.1. The van der Waals surface area contributed by atoms with Gasteiger partial charge in [0.2, 0.25) is 10.7 Å². The van der Waals surface area contributed by atoms with Crippen molar-refractivity contribution < 1.29 is 0 Å². The van der Waals surface area contributed by atoms with Gasteiger partial charge in [0.05, 0.1) is 12.2 Å². The number of hydrogen-bond donors (Lipinski definition) is 1. The number of anilines is 1. The minimum atomic E-state index is -0.435. The summed E-state index contributed by atoms with van der Waals surface area (Å²) in [4.78, 5) is 30.2. The molecule has 0 fully saturated rings. The molecule has 5 aromatic rings. The fourth-order valence-corrected chi connectivity index (χ4v) is 4.90. The maximum atomic E-state index is 12.7. The highest BCUT2D eigenvalue weighted by molar-refractivity contribution is 8.93. The van der Waals surface area contributed by atoms with E-state index in [0.29, 0.717) is 33.5 Å². The number of aromatic nitrogens is 5. The van der Waals surface area contributed by atoms with Gasteiger partial charge in [-0.15, -0.1) is 33.4 Å². The molecule has 9 nitrogen and oxygen atoms in total. The van der Waals surface area contributed by atoms with Crippen LogP contribution in [0.3, 0.4) is 0 Å². The molecular weight excluding hydrogens is 566 g/mol. The molecule has 2 aromatic carbocycles. The predicted molar refractivity (Wildman–Crippen MR) is 149 cm³/mol. The molecule has 5 rings (SSSR count). The average Bonchev–Trinajstić information content (AvgIpc) is 3.41. The molecule has 0 atom stereocenters. The Hall–Kier alpha value is -3.41. The van der Waals surface area contributed by atoms with Crippen LogP contribution in [0, 0.1) is 0 Å². The van der Waals surface area contributed by atoms with Gasteiger partial charge in [-0.3, -0.25) is 13.9 Å². The van der Waals surface area contributed by atoms with Crippen LogP contribution < -0.4 is 21.5 Å². The first-order valence-corrected chi connectivity index (χ1v) is 12.0. The molecule has 0 saturated carbocycles. The smallest absolute Gasteiger partial charge is 0.311 e. The summed E-state index contributed by atoms with van der Waals surface area (Å²) in [6, 6.07) is 17.8. The molecule has 0 bridgehead atoms. The van der Waals surface area contributed by atoms with Crippen LogP contribution in [0.5, 0.6) is 0 Å². The molecule has 0 unspecified atom stereocenters. The highest BCUT2D eigenvalue weighted by atomic mass is 79.9. The van der Waals surface area contributed by atoms with Crippen molar-refractivity contribution in [3.8, 4) is 11.3 Å². The summed E-state index contributed by atoms with van der Waals surface area (Å²) in [5, 5.41) is 7.34. The van der Waals surface area contributed by atoms with E-state index in [0.717, 1.165) is 21.4 Å². The molecule has 12 heteroatoms. The molecule has 0 radical (unpaired) electrons. The minimum Gasteiger partial charge on any atom is -0.311 e. The number of fused-ring (bicyclic) bond motifs is 1. The fourth-order valence-electron chi connectivity index (χ4n) is 3.91. The maximum absolute atomic E-state index is 12.7. The van der Waals surface area contributed by atoms with E-state index in [4.69, 9.17) is 11.6 Å². The van der Waals surface area contributed by atoms with Crippen LogP contribution in [0.15, 0.2) is 74.7 Å². The number of aryl methyl sites for hydroxylation is 2. The number of nitrogens with zero attached hydrogens (tertiary/aromatic N) is 6. The summed E-state index contributed by atoms with van der Waals surface area (Å²) in [6.45, 7) is 0.612. The van der Waals surface area contributed by atoms with Crippen molar-refractivity contribution in [2.75, 3.05) is 5.43 Å². The van der Waals surface area contributed by atoms with Crippen LogP contribution in [-0.2, 0) is 27.7 Å². The van der Waals surface area contributed by atoms with Crippen LogP contribution in [0.25, 0.3) is 22.4 Å². The van der Waals surface area contributed by atoms with E-state index in [-0.39, 0.29) is 17.0 Å². The van der Waals surface area contributed by atoms with Gasteiger partial charge >= 0.3 is 5.69 Å². The predicted octanol–water partition coefficient (Wildman–Crippen LogP) is 3.71. The molecule has 1 N–H and O–H groups in total. The second-order valence-corrected chi connectivity index (χ2v) is 9.35. The van der Waals surface area contributed by atoms with Crippen molar-refractivity contribution in [3.05, 3.63) is 96.2 Å². The van der Waals surface area contributed by atoms with Crippen LogP contribution in [0.2, 0.25) is 5.02 Å². The number of nitrogens with one attached hydrogen (secondary N) is 1. The zero-order valence-corrected chi connectivity index (χ0v) is 23.0. The Labute approximate surface area is 225 Å². The first kappa shape index (κ1) is 25.7. The molecule has 186 valence electrons. The number of halogens is 2. The molecule has 0 aliphatic heterocycles. The summed E-state index contributed by atoms with van der Waals surface area (Å²) in [6.07, 6.45) is 0. The Kier molecular flexibility index (Phi) is 7.34. The van der Waals surface area contributed by atoms with Gasteiger partial charge in [-0.1, -0.05) is 54.1 Å². The first-order valence-electron chi connectivity index (χ1n) is 10.8. The quantitative estimate of drug-likeness (QED) is 0.317. The minimum absolute atomic E-state index is 0. The third-order valence-corrected chi connectivity index (χ3v) is 6.96. The van der Waals surface area contributed by atoms with Crippen LogP contribution >= 0.6 is 39.9 Å². The van der Waals surface area contributed by atoms with E-state index < -0.39 is 11.2 Å². The molecule has 36 heavy (non-hydrogen) atoms. The van der Waals surface area contributed by atoms with Gasteiger partial charge in [0.1, 0.15) is 0 Å². The molecule has 0 aliphatic carbocycles. The summed E-state index contributed by atoms with van der Waals surface area (Å²) in [5.41, 5.74) is 5.90. The lowest BCUT2D eigenvalue weighted by Crippen LogP contribution is -2.37. The van der Waals surface area contributed by atoms with Gasteiger partial charge in [0.25, 0.3) is 5.56 Å². The number of rotatable bonds is 5. The fraction of sp³-hybridized carbons (Fsp3) is 0.167. The van der Waals surface area contributed by atoms with Gasteiger partial charge < -0.3 is 9.13 Å². The SMILES string of the molecule is Br.Cn1c(=O)c2c(nc(N/N=c3\scc(-c4ccc(Cl)cc4)n3Cc3ccccc3)n2C)n(C)c1=O. The van der Waals surface area contributed by atoms with Gasteiger partial charge in [-0.2, -0.15) is 4.98 Å². The molecular formula is C24H23BrClN7O2S. The largest absolute Gasteiger partial charge is 0.332 e. The highest BCUT2D eigenvalue weighted by Gasteiger charge is 2.17. The topological polar surface area (TPSA) is 91.1 Å². The summed E-state index contributed by atoms with van der Waals surface area (Å²) in [5.74, 6) is 0.353. The van der Waals surface area contributed by atoms with E-state index in [2.05, 4.69) is 32.2 Å². The zero-order valence-electron chi connectivity index (χ0n) is 19.7. The maximum Gasteiger partial charge on any atom is 0.332 e. The number of hydrogen-bond acceptors (Lipinski definition) is 6. The van der Waals surface area contributed by atoms with E-state index in [9.17, 15) is 9.59 Å². The van der Waals surface area contributed by atoms with Gasteiger partial charge in [0, 0.05) is 31.5 Å². The number of imidazole rings is 1. The van der Waals surface area contributed by atoms with Gasteiger partial charge in [-0.25, -0.2) is 10.2 Å². The third-order valence-electron chi connectivity index (χ3n) is 5.85. The summed E-state index contributed by atoms with van der Waals surface area (Å²) < 4.78 is 6.13. The average molecular weight is 589 g/mol. The Morgan fingerprint density at radius 3 is 2.36 bits per heavy atom. The van der Waals surface area contributed by atoms with E-state index >= 15 is 0 Å². The molecule has 0 spiro atoms. The van der Waals surface area contributed by atoms with Crippen LogP contribution in [0.4, 0.5) is 5.95 Å². The third kappa shape index (κ3) is 4.57. The Bertz CT molecular complexity index is 1730. The summed E-state index contributed by atoms with van der Waals surface area (Å²) >= 11 is 7.57.